The smallest absolute Gasteiger partial charge is 0.273 e. The van der Waals surface area contributed by atoms with Crippen LogP contribution >= 0.6 is 0 Å². The normalized spacial score (nSPS) is 16.0. The summed E-state index contributed by atoms with van der Waals surface area (Å²) in [5.41, 5.74) is 3.43. The third kappa shape index (κ3) is 3.31. The van der Waals surface area contributed by atoms with Crippen molar-refractivity contribution in [1.29, 1.82) is 0 Å². The Kier molecular flexibility index (Phi) is 4.93. The van der Waals surface area contributed by atoms with Crippen LogP contribution in [0.4, 0.5) is 0 Å². The molecule has 0 atom stereocenters. The first-order valence-electron chi connectivity index (χ1n) is 10.5. The lowest BCUT2D eigenvalue weighted by atomic mass is 10.1. The van der Waals surface area contributed by atoms with E-state index in [0.717, 1.165) is 27.6 Å². The van der Waals surface area contributed by atoms with Crippen molar-refractivity contribution in [2.24, 2.45) is 0 Å². The number of ether oxygens (including phenoxy) is 1. The van der Waals surface area contributed by atoms with Gasteiger partial charge in [-0.2, -0.15) is 5.01 Å². The summed E-state index contributed by atoms with van der Waals surface area (Å²) < 4.78 is 7.31. The molecule has 162 valence electrons. The van der Waals surface area contributed by atoms with Crippen molar-refractivity contribution < 1.29 is 19.1 Å². The number of piperidine rings is 1. The number of fused-ring (bicyclic) bond motifs is 1. The number of benzene rings is 2. The standard InChI is InChI=1S/C23H21N5O4/c1-2-32-20-7-4-3-6-18(20)19-14-26(25-24-19)16-10-11-17-15(12-16)13-27(23(17)31)28-21(29)8-5-9-22(28)30/h3-4,6-7,10-12,14H,2,5,8-9,13H2,1H3. The number of para-hydroxylation sites is 1. The average molecular weight is 431 g/mol. The predicted molar refractivity (Wildman–Crippen MR) is 114 cm³/mol. The fourth-order valence-corrected chi connectivity index (χ4v) is 4.08. The second-order valence-electron chi connectivity index (χ2n) is 7.63. The molecule has 5 rings (SSSR count). The molecule has 3 aromatic rings. The highest BCUT2D eigenvalue weighted by Gasteiger charge is 2.39. The summed E-state index contributed by atoms with van der Waals surface area (Å²) in [7, 11) is 0. The molecule has 32 heavy (non-hydrogen) atoms. The average Bonchev–Trinajstić information content (AvgIpc) is 3.40. The Balaban J connectivity index is 1.43. The molecule has 3 heterocycles. The zero-order valence-corrected chi connectivity index (χ0v) is 17.5. The van der Waals surface area contributed by atoms with E-state index in [1.165, 1.54) is 5.01 Å². The Bertz CT molecular complexity index is 1220. The van der Waals surface area contributed by atoms with Crippen LogP contribution in [0.5, 0.6) is 5.75 Å². The number of hydrogen-bond acceptors (Lipinski definition) is 6. The molecule has 9 heteroatoms. The van der Waals surface area contributed by atoms with Crippen LogP contribution in [0, 0.1) is 0 Å². The molecule has 0 radical (unpaired) electrons. The van der Waals surface area contributed by atoms with Crippen molar-refractivity contribution in [3.8, 4) is 22.7 Å². The number of carbonyl (C=O) groups is 3. The number of aromatic nitrogens is 3. The molecule has 1 fully saturated rings. The summed E-state index contributed by atoms with van der Waals surface area (Å²) in [6.07, 6.45) is 2.85. The topological polar surface area (TPSA) is 97.6 Å². The van der Waals surface area contributed by atoms with Crippen LogP contribution in [0.15, 0.2) is 48.7 Å². The SMILES string of the molecule is CCOc1ccccc1-c1cn(-c2ccc3c(c2)CN(N2C(=O)CCCC2=O)C3=O)nn1. The van der Waals surface area contributed by atoms with Crippen LogP contribution in [0.25, 0.3) is 16.9 Å². The molecule has 9 nitrogen and oxygen atoms in total. The van der Waals surface area contributed by atoms with E-state index in [1.54, 1.807) is 23.0 Å². The monoisotopic (exact) mass is 431 g/mol. The van der Waals surface area contributed by atoms with Gasteiger partial charge in [-0.15, -0.1) is 5.10 Å². The van der Waals surface area contributed by atoms with Crippen molar-refractivity contribution in [2.45, 2.75) is 32.7 Å². The van der Waals surface area contributed by atoms with Gasteiger partial charge in [-0.3, -0.25) is 14.4 Å². The van der Waals surface area contributed by atoms with Gasteiger partial charge in [0.25, 0.3) is 5.91 Å². The number of hydrazine groups is 1. The minimum atomic E-state index is -0.347. The number of carbonyl (C=O) groups excluding carboxylic acids is 3. The van der Waals surface area contributed by atoms with Crippen molar-refractivity contribution in [3.63, 3.8) is 0 Å². The first kappa shape index (κ1) is 19.9. The third-order valence-electron chi connectivity index (χ3n) is 5.59. The van der Waals surface area contributed by atoms with Crippen molar-refractivity contribution >= 4 is 17.7 Å². The molecule has 0 saturated carbocycles. The number of imide groups is 1. The first-order chi connectivity index (χ1) is 15.6. The number of nitrogens with zero attached hydrogens (tertiary/aromatic N) is 5. The quantitative estimate of drug-likeness (QED) is 0.576. The zero-order chi connectivity index (χ0) is 22.2. The lowest BCUT2D eigenvalue weighted by Gasteiger charge is -2.32. The maximum atomic E-state index is 12.9. The predicted octanol–water partition coefficient (Wildman–Crippen LogP) is 2.74. The fraction of sp³-hybridized carbons (Fsp3) is 0.261. The second-order valence-corrected chi connectivity index (χ2v) is 7.63. The summed E-state index contributed by atoms with van der Waals surface area (Å²) >= 11 is 0. The van der Waals surface area contributed by atoms with Crippen LogP contribution in [0.3, 0.4) is 0 Å². The molecule has 0 N–H and O–H groups in total. The summed E-state index contributed by atoms with van der Waals surface area (Å²) in [4.78, 5) is 37.4. The van der Waals surface area contributed by atoms with E-state index in [2.05, 4.69) is 10.3 Å². The van der Waals surface area contributed by atoms with E-state index >= 15 is 0 Å². The molecule has 2 aliphatic heterocycles. The molecule has 2 aromatic carbocycles. The minimum absolute atomic E-state index is 0.161. The van der Waals surface area contributed by atoms with Crippen LogP contribution in [0.1, 0.15) is 42.1 Å². The van der Waals surface area contributed by atoms with Gasteiger partial charge in [0.05, 0.1) is 25.0 Å². The maximum Gasteiger partial charge on any atom is 0.273 e. The van der Waals surface area contributed by atoms with Gasteiger partial charge in [-0.1, -0.05) is 17.3 Å². The summed E-state index contributed by atoms with van der Waals surface area (Å²) in [6.45, 7) is 2.63. The third-order valence-corrected chi connectivity index (χ3v) is 5.59. The highest BCUT2D eigenvalue weighted by molar-refractivity contribution is 6.04. The molecule has 1 saturated heterocycles. The van der Waals surface area contributed by atoms with Gasteiger partial charge >= 0.3 is 0 Å². The number of rotatable bonds is 5. The van der Waals surface area contributed by atoms with Gasteiger partial charge in [0.2, 0.25) is 11.8 Å². The Labute approximate surface area is 184 Å². The largest absolute Gasteiger partial charge is 0.493 e. The Morgan fingerprint density at radius 1 is 1.00 bits per heavy atom. The Morgan fingerprint density at radius 2 is 1.78 bits per heavy atom. The molecular formula is C23H21N5O4. The minimum Gasteiger partial charge on any atom is -0.493 e. The second kappa shape index (κ2) is 7.92. The Morgan fingerprint density at radius 3 is 2.56 bits per heavy atom. The molecule has 0 spiro atoms. The lowest BCUT2D eigenvalue weighted by Crippen LogP contribution is -2.51. The Hall–Kier alpha value is -4.01. The van der Waals surface area contributed by atoms with Crippen molar-refractivity contribution in [1.82, 2.24) is 25.0 Å². The van der Waals surface area contributed by atoms with Crippen LogP contribution in [-0.2, 0) is 16.1 Å². The maximum absolute atomic E-state index is 12.9. The molecule has 1 aromatic heterocycles. The van der Waals surface area contributed by atoms with Crippen molar-refractivity contribution in [3.05, 3.63) is 59.8 Å². The molecule has 0 bridgehead atoms. The van der Waals surface area contributed by atoms with E-state index in [-0.39, 0.29) is 37.1 Å². The van der Waals surface area contributed by atoms with Crippen molar-refractivity contribution in [2.75, 3.05) is 6.61 Å². The highest BCUT2D eigenvalue weighted by atomic mass is 16.5. The van der Waals surface area contributed by atoms with E-state index in [0.29, 0.717) is 24.3 Å². The van der Waals surface area contributed by atoms with E-state index in [4.69, 9.17) is 4.74 Å². The highest BCUT2D eigenvalue weighted by Crippen LogP contribution is 2.31. The number of amides is 3. The van der Waals surface area contributed by atoms with Crippen LogP contribution in [-0.4, -0.2) is 49.3 Å². The lowest BCUT2D eigenvalue weighted by molar-refractivity contribution is -0.163. The van der Waals surface area contributed by atoms with E-state index in [9.17, 15) is 14.4 Å². The number of hydrogen-bond donors (Lipinski definition) is 0. The van der Waals surface area contributed by atoms with Gasteiger partial charge in [0.1, 0.15) is 11.4 Å². The van der Waals surface area contributed by atoms with E-state index in [1.807, 2.05) is 37.3 Å². The van der Waals surface area contributed by atoms with Gasteiger partial charge in [-0.25, -0.2) is 9.69 Å². The van der Waals surface area contributed by atoms with Crippen LogP contribution in [0.2, 0.25) is 0 Å². The molecule has 3 amide bonds. The molecule has 0 aliphatic carbocycles. The van der Waals surface area contributed by atoms with Gasteiger partial charge in [-0.05, 0) is 49.2 Å². The molecule has 0 unspecified atom stereocenters. The van der Waals surface area contributed by atoms with Gasteiger partial charge in [0.15, 0.2) is 0 Å². The molecular weight excluding hydrogens is 410 g/mol. The zero-order valence-electron chi connectivity index (χ0n) is 17.5. The molecule has 2 aliphatic rings. The first-order valence-corrected chi connectivity index (χ1v) is 10.5. The van der Waals surface area contributed by atoms with Gasteiger partial charge in [0, 0.05) is 24.0 Å². The summed E-state index contributed by atoms with van der Waals surface area (Å²) in [5.74, 6) is -0.291. The summed E-state index contributed by atoms with van der Waals surface area (Å²) in [5, 5.41) is 10.8. The van der Waals surface area contributed by atoms with Gasteiger partial charge < -0.3 is 4.74 Å². The van der Waals surface area contributed by atoms with E-state index < -0.39 is 0 Å². The fourth-order valence-electron chi connectivity index (χ4n) is 4.08. The van der Waals surface area contributed by atoms with Crippen LogP contribution < -0.4 is 4.74 Å². The summed E-state index contributed by atoms with van der Waals surface area (Å²) in [6, 6.07) is 12.9.